The van der Waals surface area contributed by atoms with Crippen LogP contribution in [0, 0.1) is 5.92 Å². The summed E-state index contributed by atoms with van der Waals surface area (Å²) >= 11 is 0. The highest BCUT2D eigenvalue weighted by molar-refractivity contribution is 5.80. The normalized spacial score (nSPS) is 15.5. The van der Waals surface area contributed by atoms with Crippen molar-refractivity contribution < 1.29 is 20.1 Å². The Bertz CT molecular complexity index is 160. The van der Waals surface area contributed by atoms with Crippen LogP contribution < -0.4 is 5.32 Å². The summed E-state index contributed by atoms with van der Waals surface area (Å²) in [7, 11) is 0. The summed E-state index contributed by atoms with van der Waals surface area (Å²) in [5.41, 5.74) is 0. The van der Waals surface area contributed by atoms with Crippen LogP contribution in [0.5, 0.6) is 0 Å². The molecule has 78 valence electrons. The minimum absolute atomic E-state index is 0.0425. The van der Waals surface area contributed by atoms with Crippen molar-refractivity contribution in [1.29, 1.82) is 0 Å². The van der Waals surface area contributed by atoms with Crippen molar-refractivity contribution in [1.82, 2.24) is 5.32 Å². The fraction of sp³-hybridized carbons (Fsp3) is 0.875. The van der Waals surface area contributed by atoms with Crippen LogP contribution in [0.15, 0.2) is 0 Å². The van der Waals surface area contributed by atoms with Gasteiger partial charge in [-0.05, 0) is 5.92 Å². The van der Waals surface area contributed by atoms with Crippen LogP contribution in [0.3, 0.4) is 0 Å². The Kier molecular flexibility index (Phi) is 5.61. The molecule has 0 saturated carbocycles. The van der Waals surface area contributed by atoms with Gasteiger partial charge in [0.1, 0.15) is 6.10 Å². The molecular formula is C8H17NO4. The summed E-state index contributed by atoms with van der Waals surface area (Å²) < 4.78 is 0. The summed E-state index contributed by atoms with van der Waals surface area (Å²) in [5.74, 6) is -0.686. The highest BCUT2D eigenvalue weighted by Gasteiger charge is 2.18. The molecule has 0 radical (unpaired) electrons. The second-order valence-corrected chi connectivity index (χ2v) is 3.27. The van der Waals surface area contributed by atoms with E-state index in [0.717, 1.165) is 0 Å². The molecule has 0 fully saturated rings. The van der Waals surface area contributed by atoms with Gasteiger partial charge in [-0.3, -0.25) is 4.79 Å². The number of amides is 1. The van der Waals surface area contributed by atoms with E-state index in [1.807, 2.05) is 0 Å². The van der Waals surface area contributed by atoms with Gasteiger partial charge in [0.05, 0.1) is 12.7 Å². The molecule has 0 bridgehead atoms. The minimum Gasteiger partial charge on any atom is -0.394 e. The highest BCUT2D eigenvalue weighted by Crippen LogP contribution is 2.00. The second-order valence-electron chi connectivity index (χ2n) is 3.27. The van der Waals surface area contributed by atoms with Crippen molar-refractivity contribution >= 4 is 5.91 Å². The number of aliphatic hydroxyl groups excluding tert-OH is 3. The zero-order valence-electron chi connectivity index (χ0n) is 7.90. The molecule has 13 heavy (non-hydrogen) atoms. The maximum atomic E-state index is 11.1. The largest absolute Gasteiger partial charge is 0.394 e. The monoisotopic (exact) mass is 191 g/mol. The molecule has 1 unspecified atom stereocenters. The number of nitrogens with one attached hydrogen (secondary N) is 1. The molecule has 2 atom stereocenters. The first-order valence-electron chi connectivity index (χ1n) is 4.23. The number of rotatable bonds is 5. The Morgan fingerprint density at radius 3 is 2.31 bits per heavy atom. The maximum absolute atomic E-state index is 11.1. The highest BCUT2D eigenvalue weighted by atomic mass is 16.3. The summed E-state index contributed by atoms with van der Waals surface area (Å²) in [4.78, 5) is 11.1. The van der Waals surface area contributed by atoms with Gasteiger partial charge in [-0.2, -0.15) is 0 Å². The summed E-state index contributed by atoms with van der Waals surface area (Å²) in [6, 6.07) is 0. The van der Waals surface area contributed by atoms with Crippen LogP contribution in [-0.2, 0) is 4.79 Å². The fourth-order valence-electron chi connectivity index (χ4n) is 0.690. The van der Waals surface area contributed by atoms with Crippen LogP contribution in [-0.4, -0.2) is 46.6 Å². The summed E-state index contributed by atoms with van der Waals surface area (Å²) in [6.07, 6.45) is -2.03. The molecular weight excluding hydrogens is 174 g/mol. The van der Waals surface area contributed by atoms with Crippen molar-refractivity contribution in [3.05, 3.63) is 0 Å². The molecule has 5 nitrogen and oxygen atoms in total. The van der Waals surface area contributed by atoms with E-state index in [-0.39, 0.29) is 12.5 Å². The van der Waals surface area contributed by atoms with Crippen LogP contribution in [0.1, 0.15) is 13.8 Å². The van der Waals surface area contributed by atoms with E-state index in [0.29, 0.717) is 0 Å². The first kappa shape index (κ1) is 12.3. The predicted molar refractivity (Wildman–Crippen MR) is 46.9 cm³/mol. The van der Waals surface area contributed by atoms with Crippen molar-refractivity contribution in [2.45, 2.75) is 26.1 Å². The van der Waals surface area contributed by atoms with Gasteiger partial charge in [-0.1, -0.05) is 13.8 Å². The van der Waals surface area contributed by atoms with Crippen LogP contribution in [0.4, 0.5) is 0 Å². The van der Waals surface area contributed by atoms with Crippen molar-refractivity contribution in [2.75, 3.05) is 13.2 Å². The molecule has 0 saturated heterocycles. The first-order chi connectivity index (χ1) is 5.99. The molecule has 0 aliphatic rings. The lowest BCUT2D eigenvalue weighted by molar-refractivity contribution is -0.131. The number of carbonyl (C=O) groups is 1. The third-order valence-electron chi connectivity index (χ3n) is 1.62. The number of hydrogen-bond acceptors (Lipinski definition) is 4. The minimum atomic E-state index is -1.06. The second kappa shape index (κ2) is 5.90. The molecule has 0 aromatic rings. The van der Waals surface area contributed by atoms with Gasteiger partial charge in [0, 0.05) is 6.54 Å². The maximum Gasteiger partial charge on any atom is 0.249 e. The SMILES string of the molecule is CC(C)C(O)C(=O)NC[C@H](O)CO. The molecule has 0 aliphatic carbocycles. The van der Waals surface area contributed by atoms with Crippen LogP contribution >= 0.6 is 0 Å². The summed E-state index contributed by atoms with van der Waals surface area (Å²) in [6.45, 7) is 2.98. The van der Waals surface area contributed by atoms with Crippen LogP contribution in [0.25, 0.3) is 0 Å². The molecule has 0 aliphatic heterocycles. The standard InChI is InChI=1S/C8H17NO4/c1-5(2)7(12)8(13)9-3-6(11)4-10/h5-7,10-12H,3-4H2,1-2H3,(H,9,13)/t6-,7?/m0/s1. The molecule has 0 rings (SSSR count). The third-order valence-corrected chi connectivity index (χ3v) is 1.62. The van der Waals surface area contributed by atoms with E-state index in [2.05, 4.69) is 5.32 Å². The van der Waals surface area contributed by atoms with Crippen molar-refractivity contribution in [3.8, 4) is 0 Å². The zero-order valence-corrected chi connectivity index (χ0v) is 7.90. The molecule has 0 spiro atoms. The lowest BCUT2D eigenvalue weighted by atomic mass is 10.1. The quantitative estimate of drug-likeness (QED) is 0.424. The fourth-order valence-corrected chi connectivity index (χ4v) is 0.690. The lowest BCUT2D eigenvalue weighted by Crippen LogP contribution is -2.42. The number of hydrogen-bond donors (Lipinski definition) is 4. The Hall–Kier alpha value is -0.650. The molecule has 4 N–H and O–H groups in total. The van der Waals surface area contributed by atoms with E-state index in [1.165, 1.54) is 0 Å². The lowest BCUT2D eigenvalue weighted by Gasteiger charge is -2.15. The molecule has 0 aromatic carbocycles. The van der Waals surface area contributed by atoms with E-state index < -0.39 is 24.7 Å². The Morgan fingerprint density at radius 1 is 1.38 bits per heavy atom. The van der Waals surface area contributed by atoms with Crippen molar-refractivity contribution in [2.24, 2.45) is 5.92 Å². The predicted octanol–water partition coefficient (Wildman–Crippen LogP) is -1.53. The molecule has 1 amide bonds. The topological polar surface area (TPSA) is 89.8 Å². The molecule has 0 heterocycles. The third kappa shape index (κ3) is 4.82. The van der Waals surface area contributed by atoms with E-state index >= 15 is 0 Å². The van der Waals surface area contributed by atoms with Gasteiger partial charge in [-0.15, -0.1) is 0 Å². The Labute approximate surface area is 77.4 Å². The average Bonchev–Trinajstić information content (AvgIpc) is 2.11. The van der Waals surface area contributed by atoms with Gasteiger partial charge in [0.15, 0.2) is 0 Å². The van der Waals surface area contributed by atoms with Gasteiger partial charge >= 0.3 is 0 Å². The smallest absolute Gasteiger partial charge is 0.249 e. The van der Waals surface area contributed by atoms with Gasteiger partial charge < -0.3 is 20.6 Å². The summed E-state index contributed by atoms with van der Waals surface area (Å²) in [5, 5.41) is 28.9. The number of aliphatic hydroxyl groups is 3. The Morgan fingerprint density at radius 2 is 1.92 bits per heavy atom. The Balaban J connectivity index is 3.74. The average molecular weight is 191 g/mol. The number of carbonyl (C=O) groups excluding carboxylic acids is 1. The van der Waals surface area contributed by atoms with E-state index in [9.17, 15) is 9.90 Å². The molecule has 0 aromatic heterocycles. The van der Waals surface area contributed by atoms with Crippen LogP contribution in [0.2, 0.25) is 0 Å². The van der Waals surface area contributed by atoms with Crippen molar-refractivity contribution in [3.63, 3.8) is 0 Å². The van der Waals surface area contributed by atoms with Gasteiger partial charge in [0.2, 0.25) is 5.91 Å². The first-order valence-corrected chi connectivity index (χ1v) is 4.23. The van der Waals surface area contributed by atoms with Gasteiger partial charge in [0.25, 0.3) is 0 Å². The van der Waals surface area contributed by atoms with E-state index in [4.69, 9.17) is 10.2 Å². The van der Waals surface area contributed by atoms with E-state index in [1.54, 1.807) is 13.8 Å². The van der Waals surface area contributed by atoms with Gasteiger partial charge in [-0.25, -0.2) is 0 Å². The zero-order chi connectivity index (χ0) is 10.4. The molecule has 5 heteroatoms.